The van der Waals surface area contributed by atoms with E-state index in [0.29, 0.717) is 0 Å². The molecule has 0 aliphatic heterocycles. The first-order valence-electron chi connectivity index (χ1n) is 8.98. The minimum absolute atomic E-state index is 0.144. The van der Waals surface area contributed by atoms with Gasteiger partial charge in [0.1, 0.15) is 4.49 Å². The summed E-state index contributed by atoms with van der Waals surface area (Å²) in [7, 11) is -13.9. The summed E-state index contributed by atoms with van der Waals surface area (Å²) in [5.41, 5.74) is -0.858. The predicted molar refractivity (Wildman–Crippen MR) is 116 cm³/mol. The Morgan fingerprint density at radius 1 is 0.867 bits per heavy atom. The van der Waals surface area contributed by atoms with Gasteiger partial charge in [-0.25, -0.2) is 13.0 Å². The molecule has 0 N–H and O–H groups in total. The first kappa shape index (κ1) is 27.6. The van der Waals surface area contributed by atoms with Gasteiger partial charge in [0.15, 0.2) is 5.44 Å². The highest BCUT2D eigenvalue weighted by molar-refractivity contribution is 7.95. The molecule has 30 heavy (non-hydrogen) atoms. The number of sulfonamides is 1. The van der Waals surface area contributed by atoms with Crippen molar-refractivity contribution < 1.29 is 35.6 Å². The monoisotopic (exact) mass is 523 g/mol. The molecule has 0 unspecified atom stereocenters. The predicted octanol–water partition coefficient (Wildman–Crippen LogP) is 5.73. The van der Waals surface area contributed by atoms with Crippen molar-refractivity contribution in [2.75, 3.05) is 26.4 Å². The minimum atomic E-state index is -4.71. The normalized spacial score (nSPS) is 12.6. The molecule has 9 nitrogen and oxygen atoms in total. The van der Waals surface area contributed by atoms with E-state index >= 15 is 0 Å². The molecule has 1 aromatic rings. The van der Waals surface area contributed by atoms with Crippen LogP contribution in [0.2, 0.25) is 0 Å². The minimum Gasteiger partial charge on any atom is -0.304 e. The fraction of sp³-hybridized carbons (Fsp3) is 0.500. The summed E-state index contributed by atoms with van der Waals surface area (Å²) in [6, 6.07) is 6.99. The molecule has 0 fully saturated rings. The van der Waals surface area contributed by atoms with Gasteiger partial charge in [0.05, 0.1) is 31.3 Å². The molecule has 0 aliphatic rings. The van der Waals surface area contributed by atoms with Crippen molar-refractivity contribution in [3.8, 4) is 0 Å². The number of halogens is 2. The Bertz CT molecular complexity index is 902. The van der Waals surface area contributed by atoms with Gasteiger partial charge in [-0.15, -0.1) is 0 Å². The summed E-state index contributed by atoms with van der Waals surface area (Å²) < 4.78 is 74.5. The van der Waals surface area contributed by atoms with Crippen LogP contribution in [0.5, 0.6) is 0 Å². The second-order valence-corrected chi connectivity index (χ2v) is 12.1. The van der Waals surface area contributed by atoms with Gasteiger partial charge in [-0.2, -0.15) is 4.08 Å². The van der Waals surface area contributed by atoms with Gasteiger partial charge in [-0.05, 0) is 39.8 Å². The van der Waals surface area contributed by atoms with Crippen LogP contribution in [0, 0.1) is 0 Å². The molecular formula is C16H25Cl2NO8P2S. The SMILES string of the molecule is CCOP(=O)(OCC)C(=C(Cl)Cl)N(P(=O)(OCC)OCC)S(=O)(=O)c1ccccc1. The fourth-order valence-electron chi connectivity index (χ4n) is 2.30. The van der Waals surface area contributed by atoms with Gasteiger partial charge in [-0.1, -0.05) is 41.4 Å². The van der Waals surface area contributed by atoms with Crippen molar-refractivity contribution in [1.29, 1.82) is 0 Å². The Hall–Kier alpha value is -0.410. The number of benzene rings is 1. The number of hydrogen-bond donors (Lipinski definition) is 0. The quantitative estimate of drug-likeness (QED) is 0.301. The van der Waals surface area contributed by atoms with Crippen molar-refractivity contribution in [3.63, 3.8) is 0 Å². The van der Waals surface area contributed by atoms with Crippen molar-refractivity contribution in [1.82, 2.24) is 4.08 Å². The molecule has 172 valence electrons. The van der Waals surface area contributed by atoms with Gasteiger partial charge >= 0.3 is 15.3 Å². The molecule has 1 aromatic carbocycles. The second kappa shape index (κ2) is 12.0. The highest BCUT2D eigenvalue weighted by Crippen LogP contribution is 2.68. The molecule has 1 rings (SSSR count). The maximum Gasteiger partial charge on any atom is 0.449 e. The lowest BCUT2D eigenvalue weighted by Crippen LogP contribution is -2.31. The van der Waals surface area contributed by atoms with Gasteiger partial charge in [-0.3, -0.25) is 13.6 Å². The van der Waals surface area contributed by atoms with Gasteiger partial charge in [0, 0.05) is 0 Å². The van der Waals surface area contributed by atoms with E-state index in [-0.39, 0.29) is 35.4 Å². The lowest BCUT2D eigenvalue weighted by atomic mass is 10.4. The molecule has 0 amide bonds. The van der Waals surface area contributed by atoms with Crippen LogP contribution in [0.25, 0.3) is 0 Å². The number of rotatable bonds is 13. The smallest absolute Gasteiger partial charge is 0.304 e. The van der Waals surface area contributed by atoms with E-state index < -0.39 is 35.3 Å². The van der Waals surface area contributed by atoms with Crippen LogP contribution in [0.15, 0.2) is 45.2 Å². The summed E-state index contributed by atoms with van der Waals surface area (Å²) >= 11 is 11.9. The van der Waals surface area contributed by atoms with Crippen molar-refractivity contribution in [2.45, 2.75) is 32.6 Å². The maximum atomic E-state index is 13.7. The average molecular weight is 524 g/mol. The Morgan fingerprint density at radius 3 is 1.67 bits per heavy atom. The average Bonchev–Trinajstić information content (AvgIpc) is 2.66. The third-order valence-electron chi connectivity index (χ3n) is 3.28. The van der Waals surface area contributed by atoms with Crippen molar-refractivity contribution >= 4 is 48.6 Å². The molecule has 0 spiro atoms. The summed E-state index contributed by atoms with van der Waals surface area (Å²) in [6.45, 7) is 5.30. The summed E-state index contributed by atoms with van der Waals surface area (Å²) in [6.07, 6.45) is 0. The molecule has 14 heteroatoms. The zero-order valence-corrected chi connectivity index (χ0v) is 21.1. The molecule has 0 radical (unpaired) electrons. The van der Waals surface area contributed by atoms with Crippen molar-refractivity contribution in [3.05, 3.63) is 40.3 Å². The fourth-order valence-corrected chi connectivity index (χ4v) is 9.91. The summed E-state index contributed by atoms with van der Waals surface area (Å²) in [5, 5.41) is 0. The zero-order chi connectivity index (χ0) is 23.0. The first-order chi connectivity index (χ1) is 14.0. The van der Waals surface area contributed by atoms with Crippen LogP contribution in [0.4, 0.5) is 0 Å². The molecule has 0 aliphatic carbocycles. The second-order valence-electron chi connectivity index (χ2n) is 5.28. The van der Waals surface area contributed by atoms with Gasteiger partial charge < -0.3 is 9.05 Å². The maximum absolute atomic E-state index is 13.7. The summed E-state index contributed by atoms with van der Waals surface area (Å²) in [4.78, 5) is -0.295. The number of nitrogens with zero attached hydrogens (tertiary/aromatic N) is 1. The van der Waals surface area contributed by atoms with Crippen LogP contribution in [-0.4, -0.2) is 38.9 Å². The van der Waals surface area contributed by atoms with E-state index in [4.69, 9.17) is 41.3 Å². The Kier molecular flexibility index (Phi) is 11.0. The lowest BCUT2D eigenvalue weighted by molar-refractivity contribution is 0.192. The molecule has 0 saturated heterocycles. The Balaban J connectivity index is 3.98. The third-order valence-corrected chi connectivity index (χ3v) is 10.9. The largest absolute Gasteiger partial charge is 0.449 e. The molecule has 0 atom stereocenters. The summed E-state index contributed by atoms with van der Waals surface area (Å²) in [5.74, 6) is 0. The van der Waals surface area contributed by atoms with E-state index in [1.165, 1.54) is 52.0 Å². The van der Waals surface area contributed by atoms with Crippen molar-refractivity contribution in [2.24, 2.45) is 0 Å². The first-order valence-corrected chi connectivity index (χ1v) is 14.2. The molecule has 0 saturated carbocycles. The van der Waals surface area contributed by atoms with Crippen LogP contribution in [0.1, 0.15) is 27.7 Å². The van der Waals surface area contributed by atoms with E-state index in [2.05, 4.69) is 0 Å². The highest BCUT2D eigenvalue weighted by atomic mass is 35.5. The standard InChI is InChI=1S/C16H25Cl2NO8P2S/c1-5-24-28(20,25-6-2)16(15(17)18)19(29(21,26-7-3)27-8-4)30(22,23)14-12-10-9-11-13-14/h9-13H,5-8H2,1-4H3. The van der Waals surface area contributed by atoms with E-state index in [9.17, 15) is 17.5 Å². The molecule has 0 aromatic heterocycles. The highest BCUT2D eigenvalue weighted by Gasteiger charge is 2.52. The van der Waals surface area contributed by atoms with Crippen LogP contribution < -0.4 is 0 Å². The Labute approximate surface area is 187 Å². The third kappa shape index (κ3) is 6.31. The van der Waals surface area contributed by atoms with Gasteiger partial charge in [0.2, 0.25) is 0 Å². The molecule has 0 heterocycles. The number of hydrogen-bond acceptors (Lipinski definition) is 8. The van der Waals surface area contributed by atoms with Crippen LogP contribution in [0.3, 0.4) is 0 Å². The Morgan fingerprint density at radius 2 is 1.30 bits per heavy atom. The zero-order valence-electron chi connectivity index (χ0n) is 17.0. The van der Waals surface area contributed by atoms with E-state index in [1.807, 2.05) is 0 Å². The molecule has 0 bridgehead atoms. The lowest BCUT2D eigenvalue weighted by Gasteiger charge is -2.34. The van der Waals surface area contributed by atoms with E-state index in [1.54, 1.807) is 6.07 Å². The van der Waals surface area contributed by atoms with E-state index in [0.717, 1.165) is 0 Å². The van der Waals surface area contributed by atoms with Crippen LogP contribution >= 0.6 is 38.5 Å². The topological polar surface area (TPSA) is 108 Å². The molecular weight excluding hydrogens is 499 g/mol. The van der Waals surface area contributed by atoms with Gasteiger partial charge in [0.25, 0.3) is 10.0 Å². The van der Waals surface area contributed by atoms with Crippen LogP contribution in [-0.2, 0) is 37.2 Å².